The molecule has 0 radical (unpaired) electrons. The minimum atomic E-state index is -0.230. The molecule has 0 spiro atoms. The van der Waals surface area contributed by atoms with Gasteiger partial charge in [0.05, 0.1) is 12.2 Å². The molecular weight excluding hydrogens is 412 g/mol. The number of carbonyl (C=O) groups is 2. The van der Waals surface area contributed by atoms with E-state index in [1.807, 2.05) is 86.1 Å². The van der Waals surface area contributed by atoms with Crippen molar-refractivity contribution in [1.29, 1.82) is 0 Å². The van der Waals surface area contributed by atoms with Crippen LogP contribution < -0.4 is 5.32 Å². The number of aryl methyl sites for hydroxylation is 1. The Morgan fingerprint density at radius 1 is 1.09 bits per heavy atom. The van der Waals surface area contributed by atoms with Gasteiger partial charge in [0.25, 0.3) is 0 Å². The van der Waals surface area contributed by atoms with Gasteiger partial charge in [-0.1, -0.05) is 61.9 Å². The Kier molecular flexibility index (Phi) is 6.92. The van der Waals surface area contributed by atoms with E-state index in [4.69, 9.17) is 4.98 Å². The molecule has 33 heavy (non-hydrogen) atoms. The van der Waals surface area contributed by atoms with Crippen molar-refractivity contribution in [1.82, 2.24) is 14.5 Å². The molecule has 6 heteroatoms. The molecular formula is C27H32N4O2. The van der Waals surface area contributed by atoms with E-state index in [-0.39, 0.29) is 24.3 Å². The maximum absolute atomic E-state index is 13.0. The van der Waals surface area contributed by atoms with Gasteiger partial charge in [-0.05, 0) is 43.7 Å². The number of benzene rings is 2. The lowest BCUT2D eigenvalue weighted by Crippen LogP contribution is -2.40. The summed E-state index contributed by atoms with van der Waals surface area (Å²) in [4.78, 5) is 32.2. The van der Waals surface area contributed by atoms with Crippen molar-refractivity contribution in [2.75, 3.05) is 18.4 Å². The molecule has 0 saturated heterocycles. The van der Waals surface area contributed by atoms with Gasteiger partial charge in [0.15, 0.2) is 0 Å². The third-order valence-electron chi connectivity index (χ3n) is 5.78. The standard InChI is InChI=1S/C27H32N4O2/c1-19(2)15-26(33)30(16-21-11-12-21)18-25(32)29-27-28-24(22-7-5-4-6-8-22)17-31(27)23-13-9-20(3)10-14-23/h4-10,13-14,17,19,21H,11-12,15-16,18H2,1-3H3,(H,28,29,32). The van der Waals surface area contributed by atoms with E-state index in [0.29, 0.717) is 24.8 Å². The Morgan fingerprint density at radius 2 is 1.79 bits per heavy atom. The zero-order valence-corrected chi connectivity index (χ0v) is 19.6. The summed E-state index contributed by atoms with van der Waals surface area (Å²) in [5.41, 5.74) is 3.82. The molecule has 1 saturated carbocycles. The van der Waals surface area contributed by atoms with Gasteiger partial charge in [0.1, 0.15) is 0 Å². The molecule has 1 aromatic heterocycles. The number of nitrogens with zero attached hydrogens (tertiary/aromatic N) is 3. The van der Waals surface area contributed by atoms with E-state index in [1.54, 1.807) is 4.90 Å². The van der Waals surface area contributed by atoms with E-state index >= 15 is 0 Å². The number of anilines is 1. The first kappa shape index (κ1) is 22.8. The van der Waals surface area contributed by atoms with Crippen molar-refractivity contribution >= 4 is 17.8 Å². The van der Waals surface area contributed by atoms with Crippen LogP contribution >= 0.6 is 0 Å². The fourth-order valence-corrected chi connectivity index (χ4v) is 3.80. The Labute approximate surface area is 195 Å². The Balaban J connectivity index is 1.57. The highest BCUT2D eigenvalue weighted by molar-refractivity contribution is 5.94. The zero-order chi connectivity index (χ0) is 23.4. The predicted octanol–water partition coefficient (Wildman–Crippen LogP) is 5.07. The lowest BCUT2D eigenvalue weighted by atomic mass is 10.1. The topological polar surface area (TPSA) is 67.2 Å². The highest BCUT2D eigenvalue weighted by Gasteiger charge is 2.28. The monoisotopic (exact) mass is 444 g/mol. The first-order valence-electron chi connectivity index (χ1n) is 11.7. The molecule has 1 fully saturated rings. The van der Waals surface area contributed by atoms with Crippen LogP contribution in [0.4, 0.5) is 5.95 Å². The molecule has 3 aromatic rings. The maximum Gasteiger partial charge on any atom is 0.246 e. The fraction of sp³-hybridized carbons (Fsp3) is 0.370. The largest absolute Gasteiger partial charge is 0.333 e. The van der Waals surface area contributed by atoms with Crippen LogP contribution in [0.3, 0.4) is 0 Å². The van der Waals surface area contributed by atoms with Crippen molar-refractivity contribution in [2.45, 2.75) is 40.0 Å². The minimum Gasteiger partial charge on any atom is -0.333 e. The molecule has 2 amide bonds. The van der Waals surface area contributed by atoms with Crippen LogP contribution in [0, 0.1) is 18.8 Å². The van der Waals surface area contributed by atoms with Crippen LogP contribution in [-0.4, -0.2) is 39.4 Å². The van der Waals surface area contributed by atoms with Crippen LogP contribution in [0.15, 0.2) is 60.8 Å². The number of nitrogens with one attached hydrogen (secondary N) is 1. The second kappa shape index (κ2) is 10.0. The van der Waals surface area contributed by atoms with Crippen molar-refractivity contribution < 1.29 is 9.59 Å². The fourth-order valence-electron chi connectivity index (χ4n) is 3.80. The molecule has 0 aliphatic heterocycles. The molecule has 4 rings (SSSR count). The van der Waals surface area contributed by atoms with E-state index < -0.39 is 0 Å². The summed E-state index contributed by atoms with van der Waals surface area (Å²) in [6, 6.07) is 18.0. The van der Waals surface area contributed by atoms with E-state index in [9.17, 15) is 9.59 Å². The number of hydrogen-bond acceptors (Lipinski definition) is 3. The number of hydrogen-bond donors (Lipinski definition) is 1. The summed E-state index contributed by atoms with van der Waals surface area (Å²) < 4.78 is 1.89. The summed E-state index contributed by atoms with van der Waals surface area (Å²) >= 11 is 0. The van der Waals surface area contributed by atoms with E-state index in [2.05, 4.69) is 5.32 Å². The highest BCUT2D eigenvalue weighted by Crippen LogP contribution is 2.30. The van der Waals surface area contributed by atoms with Crippen molar-refractivity contribution in [2.24, 2.45) is 11.8 Å². The third kappa shape index (κ3) is 6.09. The number of aromatic nitrogens is 2. The van der Waals surface area contributed by atoms with Gasteiger partial charge in [-0.2, -0.15) is 0 Å². The van der Waals surface area contributed by atoms with Gasteiger partial charge in [0.2, 0.25) is 17.8 Å². The van der Waals surface area contributed by atoms with Crippen molar-refractivity contribution in [3.8, 4) is 16.9 Å². The van der Waals surface area contributed by atoms with E-state index in [0.717, 1.165) is 35.3 Å². The summed E-state index contributed by atoms with van der Waals surface area (Å²) in [7, 11) is 0. The van der Waals surface area contributed by atoms with Gasteiger partial charge in [-0.15, -0.1) is 0 Å². The Hall–Kier alpha value is -3.41. The SMILES string of the molecule is Cc1ccc(-n2cc(-c3ccccc3)nc2NC(=O)CN(CC2CC2)C(=O)CC(C)C)cc1. The van der Waals surface area contributed by atoms with Crippen LogP contribution in [0.5, 0.6) is 0 Å². The Morgan fingerprint density at radius 3 is 2.42 bits per heavy atom. The van der Waals surface area contributed by atoms with Crippen LogP contribution in [-0.2, 0) is 9.59 Å². The second-order valence-corrected chi connectivity index (χ2v) is 9.39. The predicted molar refractivity (Wildman–Crippen MR) is 131 cm³/mol. The van der Waals surface area contributed by atoms with Crippen LogP contribution in [0.2, 0.25) is 0 Å². The third-order valence-corrected chi connectivity index (χ3v) is 5.78. The maximum atomic E-state index is 13.0. The quantitative estimate of drug-likeness (QED) is 0.501. The molecule has 1 heterocycles. The summed E-state index contributed by atoms with van der Waals surface area (Å²) in [6.45, 7) is 6.79. The number of carbonyl (C=O) groups excluding carboxylic acids is 2. The molecule has 1 aliphatic rings. The van der Waals surface area contributed by atoms with Crippen LogP contribution in [0.1, 0.15) is 38.7 Å². The molecule has 6 nitrogen and oxygen atoms in total. The summed E-state index contributed by atoms with van der Waals surface area (Å²) in [5.74, 6) is 1.04. The number of imidazole rings is 1. The molecule has 1 N–H and O–H groups in total. The molecule has 0 unspecified atom stereocenters. The van der Waals surface area contributed by atoms with E-state index in [1.165, 1.54) is 0 Å². The second-order valence-electron chi connectivity index (χ2n) is 9.39. The van der Waals surface area contributed by atoms with Gasteiger partial charge in [-0.3, -0.25) is 19.5 Å². The van der Waals surface area contributed by atoms with Crippen molar-refractivity contribution in [3.63, 3.8) is 0 Å². The normalized spacial score (nSPS) is 13.2. The lowest BCUT2D eigenvalue weighted by Gasteiger charge is -2.23. The summed E-state index contributed by atoms with van der Waals surface area (Å²) in [5, 5.41) is 2.97. The first-order chi connectivity index (χ1) is 15.9. The average Bonchev–Trinajstić information content (AvgIpc) is 3.51. The number of rotatable bonds is 9. The smallest absolute Gasteiger partial charge is 0.246 e. The van der Waals surface area contributed by atoms with Gasteiger partial charge in [0, 0.05) is 30.4 Å². The first-order valence-corrected chi connectivity index (χ1v) is 11.7. The molecule has 172 valence electrons. The molecule has 0 atom stereocenters. The van der Waals surface area contributed by atoms with Gasteiger partial charge >= 0.3 is 0 Å². The highest BCUT2D eigenvalue weighted by atomic mass is 16.2. The van der Waals surface area contributed by atoms with Crippen LogP contribution in [0.25, 0.3) is 16.9 Å². The molecule has 1 aliphatic carbocycles. The Bertz CT molecular complexity index is 1100. The molecule has 2 aromatic carbocycles. The minimum absolute atomic E-state index is 0.0406. The lowest BCUT2D eigenvalue weighted by molar-refractivity contribution is -0.135. The number of amides is 2. The van der Waals surface area contributed by atoms with Crippen molar-refractivity contribution in [3.05, 3.63) is 66.4 Å². The zero-order valence-electron chi connectivity index (χ0n) is 19.6. The molecule has 0 bridgehead atoms. The average molecular weight is 445 g/mol. The summed E-state index contributed by atoms with van der Waals surface area (Å²) in [6.07, 6.45) is 4.65. The van der Waals surface area contributed by atoms with Gasteiger partial charge in [-0.25, -0.2) is 4.98 Å². The van der Waals surface area contributed by atoms with Gasteiger partial charge < -0.3 is 4.90 Å².